The number of carbonyl (C=O) groups excluding carboxylic acids is 1. The summed E-state index contributed by atoms with van der Waals surface area (Å²) in [4.78, 5) is 20.9. The molecule has 2 saturated heterocycles. The molecule has 0 bridgehead atoms. The van der Waals surface area contributed by atoms with Crippen molar-refractivity contribution in [3.05, 3.63) is 35.5 Å². The number of aryl methyl sites for hydroxylation is 2. The monoisotopic (exact) mass is 473 g/mol. The molecule has 0 aliphatic carbocycles. The number of hydrogen-bond acceptors (Lipinski definition) is 7. The Labute approximate surface area is 191 Å². The molecule has 1 amide bonds. The third-order valence-electron chi connectivity index (χ3n) is 6.39. The fourth-order valence-electron chi connectivity index (χ4n) is 4.63. The van der Waals surface area contributed by atoms with E-state index >= 15 is 0 Å². The summed E-state index contributed by atoms with van der Waals surface area (Å²) in [6.45, 7) is 4.50. The summed E-state index contributed by atoms with van der Waals surface area (Å²) >= 11 is 0. The lowest BCUT2D eigenvalue weighted by molar-refractivity contribution is -0.120. The first-order chi connectivity index (χ1) is 15.8. The maximum atomic E-state index is 13.0. The second-order valence-corrected chi connectivity index (χ2v) is 10.6. The number of aromatic nitrogens is 3. The number of carbonyl (C=O) groups is 1. The van der Waals surface area contributed by atoms with Gasteiger partial charge in [0.1, 0.15) is 22.5 Å². The van der Waals surface area contributed by atoms with Gasteiger partial charge in [-0.05, 0) is 57.7 Å². The van der Waals surface area contributed by atoms with Gasteiger partial charge in [0.05, 0.1) is 11.0 Å². The fraction of sp³-hybridized carbons (Fsp3) is 0.500. The average molecular weight is 474 g/mol. The molecule has 11 heteroatoms. The van der Waals surface area contributed by atoms with E-state index in [4.69, 9.17) is 9.26 Å². The van der Waals surface area contributed by atoms with Crippen LogP contribution < -0.4 is 5.32 Å². The van der Waals surface area contributed by atoms with Crippen molar-refractivity contribution in [1.82, 2.24) is 19.4 Å². The molecule has 5 rings (SSSR count). The molecule has 0 spiro atoms. The molecule has 2 fully saturated rings. The minimum Gasteiger partial charge on any atom is -0.370 e. The number of rotatable bonds is 5. The number of nitrogens with one attached hydrogen (secondary N) is 2. The highest BCUT2D eigenvalue weighted by molar-refractivity contribution is 7.89. The fourth-order valence-corrected chi connectivity index (χ4v) is 6.39. The van der Waals surface area contributed by atoms with Gasteiger partial charge >= 0.3 is 0 Å². The number of imidazole rings is 1. The van der Waals surface area contributed by atoms with Crippen molar-refractivity contribution in [1.29, 1.82) is 0 Å². The van der Waals surface area contributed by atoms with E-state index in [0.717, 1.165) is 36.3 Å². The van der Waals surface area contributed by atoms with Crippen molar-refractivity contribution in [2.24, 2.45) is 5.92 Å². The number of benzene rings is 1. The molecule has 1 unspecified atom stereocenters. The van der Waals surface area contributed by atoms with E-state index in [1.807, 2.05) is 18.2 Å². The van der Waals surface area contributed by atoms with Gasteiger partial charge in [-0.15, -0.1) is 0 Å². The van der Waals surface area contributed by atoms with Crippen molar-refractivity contribution >= 4 is 32.7 Å². The van der Waals surface area contributed by atoms with Crippen molar-refractivity contribution in [3.63, 3.8) is 0 Å². The summed E-state index contributed by atoms with van der Waals surface area (Å²) < 4.78 is 38.1. The van der Waals surface area contributed by atoms with Crippen LogP contribution in [0.2, 0.25) is 0 Å². The number of H-pyrrole nitrogens is 1. The Bertz CT molecular complexity index is 1260. The predicted molar refractivity (Wildman–Crippen MR) is 120 cm³/mol. The molecule has 2 N–H and O–H groups in total. The van der Waals surface area contributed by atoms with E-state index in [1.165, 1.54) is 4.31 Å². The molecule has 33 heavy (non-hydrogen) atoms. The maximum absolute atomic E-state index is 13.0. The van der Waals surface area contributed by atoms with Crippen molar-refractivity contribution in [2.45, 2.75) is 50.5 Å². The third-order valence-corrected chi connectivity index (χ3v) is 8.54. The highest BCUT2D eigenvalue weighted by atomic mass is 32.2. The maximum Gasteiger partial charge on any atom is 0.248 e. The van der Waals surface area contributed by atoms with Crippen LogP contribution in [0.15, 0.2) is 27.6 Å². The van der Waals surface area contributed by atoms with Crippen LogP contribution >= 0.6 is 0 Å². The number of anilines is 1. The van der Waals surface area contributed by atoms with Crippen LogP contribution in [0, 0.1) is 19.8 Å². The molecule has 0 radical (unpaired) electrons. The molecule has 2 aromatic heterocycles. The van der Waals surface area contributed by atoms with Crippen molar-refractivity contribution in [3.8, 4) is 0 Å². The Hall–Kier alpha value is -2.76. The van der Waals surface area contributed by atoms with E-state index < -0.39 is 10.0 Å². The number of sulfonamides is 1. The van der Waals surface area contributed by atoms with Crippen LogP contribution in [-0.2, 0) is 19.6 Å². The number of hydrogen-bond donors (Lipinski definition) is 2. The van der Waals surface area contributed by atoms with E-state index in [9.17, 15) is 13.2 Å². The van der Waals surface area contributed by atoms with Crippen LogP contribution in [0.25, 0.3) is 11.0 Å². The smallest absolute Gasteiger partial charge is 0.248 e. The summed E-state index contributed by atoms with van der Waals surface area (Å²) in [6, 6.07) is 5.58. The van der Waals surface area contributed by atoms with E-state index in [0.29, 0.717) is 24.2 Å². The van der Waals surface area contributed by atoms with Crippen LogP contribution in [-0.4, -0.2) is 53.5 Å². The molecule has 176 valence electrons. The molecule has 3 aromatic rings. The molecular formula is C22H27N5O5S. The quantitative estimate of drug-likeness (QED) is 0.582. The van der Waals surface area contributed by atoms with Crippen molar-refractivity contribution < 1.29 is 22.5 Å². The van der Waals surface area contributed by atoms with Gasteiger partial charge in [-0.25, -0.2) is 13.4 Å². The lowest BCUT2D eigenvalue weighted by atomic mass is 9.97. The first kappa shape index (κ1) is 22.1. The van der Waals surface area contributed by atoms with E-state index in [2.05, 4.69) is 20.4 Å². The molecule has 2 aliphatic rings. The lowest BCUT2D eigenvalue weighted by Crippen LogP contribution is -2.41. The van der Waals surface area contributed by atoms with Crippen LogP contribution in [0.3, 0.4) is 0 Å². The zero-order valence-electron chi connectivity index (χ0n) is 18.6. The van der Waals surface area contributed by atoms with E-state index in [1.54, 1.807) is 13.8 Å². The summed E-state index contributed by atoms with van der Waals surface area (Å²) in [5.41, 5.74) is 2.71. The van der Waals surface area contributed by atoms with E-state index in [-0.39, 0.29) is 41.7 Å². The standard InChI is InChI=1S/C22H27N5O5S/c1-13-20(14(2)32-26-13)33(29,30)27-9-7-15(8-10-27)22(28)23-16-5-6-17-18(12-16)25-21(24-17)19-4-3-11-31-19/h5-6,12,15,19H,3-4,7-11H2,1-2H3,(H,23,28)(H,24,25). The molecule has 1 aromatic carbocycles. The highest BCUT2D eigenvalue weighted by Gasteiger charge is 2.35. The molecule has 0 saturated carbocycles. The number of ether oxygens (including phenoxy) is 1. The van der Waals surface area contributed by atoms with Gasteiger partial charge in [-0.2, -0.15) is 4.31 Å². The summed E-state index contributed by atoms with van der Waals surface area (Å²) in [7, 11) is -3.69. The Morgan fingerprint density at radius 3 is 2.67 bits per heavy atom. The normalized spacial score (nSPS) is 20.5. The Kier molecular flexibility index (Phi) is 5.71. The first-order valence-corrected chi connectivity index (χ1v) is 12.6. The van der Waals surface area contributed by atoms with Gasteiger partial charge in [-0.3, -0.25) is 4.79 Å². The number of amides is 1. The molecule has 10 nitrogen and oxygen atoms in total. The molecule has 1 atom stereocenters. The minimum absolute atomic E-state index is 0.00214. The Morgan fingerprint density at radius 1 is 1.21 bits per heavy atom. The second kappa shape index (κ2) is 8.54. The minimum atomic E-state index is -3.69. The summed E-state index contributed by atoms with van der Waals surface area (Å²) in [5, 5.41) is 6.72. The number of aromatic amines is 1. The molecular weight excluding hydrogens is 446 g/mol. The van der Waals surface area contributed by atoms with Gasteiger partial charge in [-0.1, -0.05) is 5.16 Å². The first-order valence-electron chi connectivity index (χ1n) is 11.2. The number of piperidine rings is 1. The molecule has 4 heterocycles. The van der Waals surface area contributed by atoms with Crippen LogP contribution in [0.1, 0.15) is 49.1 Å². The third kappa shape index (κ3) is 4.16. The van der Waals surface area contributed by atoms with Gasteiger partial charge in [0.15, 0.2) is 5.76 Å². The topological polar surface area (TPSA) is 130 Å². The van der Waals surface area contributed by atoms with Crippen LogP contribution in [0.5, 0.6) is 0 Å². The SMILES string of the molecule is Cc1noc(C)c1S(=O)(=O)N1CCC(C(=O)Nc2ccc3nc(C4CCCO4)[nH]c3c2)CC1. The second-order valence-electron chi connectivity index (χ2n) is 8.68. The lowest BCUT2D eigenvalue weighted by Gasteiger charge is -2.30. The Morgan fingerprint density at radius 2 is 2.00 bits per heavy atom. The largest absolute Gasteiger partial charge is 0.370 e. The molecule has 2 aliphatic heterocycles. The van der Waals surface area contributed by atoms with Gasteiger partial charge in [0.25, 0.3) is 0 Å². The van der Waals surface area contributed by atoms with Gasteiger partial charge < -0.3 is 19.6 Å². The van der Waals surface area contributed by atoms with Gasteiger partial charge in [0, 0.05) is 31.3 Å². The van der Waals surface area contributed by atoms with Gasteiger partial charge in [0.2, 0.25) is 15.9 Å². The predicted octanol–water partition coefficient (Wildman–Crippen LogP) is 3.06. The van der Waals surface area contributed by atoms with Crippen molar-refractivity contribution in [2.75, 3.05) is 25.0 Å². The number of nitrogens with zero attached hydrogens (tertiary/aromatic N) is 3. The average Bonchev–Trinajstić information content (AvgIpc) is 3.53. The number of fused-ring (bicyclic) bond motifs is 1. The summed E-state index contributed by atoms with van der Waals surface area (Å²) in [6.07, 6.45) is 2.88. The zero-order valence-corrected chi connectivity index (χ0v) is 19.4. The Balaban J connectivity index is 1.23. The summed E-state index contributed by atoms with van der Waals surface area (Å²) in [5.74, 6) is 0.728. The van der Waals surface area contributed by atoms with Crippen LogP contribution in [0.4, 0.5) is 5.69 Å². The zero-order chi connectivity index (χ0) is 23.2. The highest BCUT2D eigenvalue weighted by Crippen LogP contribution is 2.30.